The molecule has 0 aliphatic carbocycles. The second-order valence-corrected chi connectivity index (χ2v) is 5.24. The third-order valence-corrected chi connectivity index (χ3v) is 2.77. The lowest BCUT2D eigenvalue weighted by Crippen LogP contribution is -2.36. The average molecular weight is 261 g/mol. The Kier molecular flexibility index (Phi) is 4.56. The molecule has 11 heavy (non-hydrogen) atoms. The summed E-state index contributed by atoms with van der Waals surface area (Å²) < 4.78 is 0.222. The Morgan fingerprint density at radius 1 is 1.18 bits per heavy atom. The second kappa shape index (κ2) is 4.05. The molecule has 1 radical (unpaired) electrons. The van der Waals surface area contributed by atoms with Crippen LogP contribution in [0.1, 0.15) is 6.92 Å². The largest absolute Gasteiger partial charge is 0.311 e. The Bertz CT molecular complexity index is 129. The van der Waals surface area contributed by atoms with Gasteiger partial charge in [0.25, 0.3) is 4.52 Å². The summed E-state index contributed by atoms with van der Waals surface area (Å²) in [5, 5.41) is 10.4. The first-order valence-corrected chi connectivity index (χ1v) is 4.34. The molecule has 0 heterocycles. The van der Waals surface area contributed by atoms with E-state index in [-0.39, 0.29) is 0 Å². The van der Waals surface area contributed by atoms with Crippen LogP contribution in [0.3, 0.4) is 0 Å². The molecular formula is C4H4Cl5O2. The van der Waals surface area contributed by atoms with Crippen molar-refractivity contribution in [3.63, 3.8) is 0 Å². The standard InChI is InChI=1S/C4H4Cl5O2/c1-2(10)11-4(8,9)3(5,6)7/h2H,1H3. The van der Waals surface area contributed by atoms with Crippen LogP contribution in [-0.2, 0) is 9.84 Å². The van der Waals surface area contributed by atoms with Crippen molar-refractivity contribution in [1.29, 1.82) is 0 Å². The number of hydrogen-bond donors (Lipinski definition) is 0. The van der Waals surface area contributed by atoms with Crippen molar-refractivity contribution in [3.8, 4) is 0 Å². The van der Waals surface area contributed by atoms with Crippen LogP contribution in [0, 0.1) is 0 Å². The number of ether oxygens (including phenoxy) is 1. The summed E-state index contributed by atoms with van der Waals surface area (Å²) in [5.41, 5.74) is 0. The van der Waals surface area contributed by atoms with Crippen LogP contribution in [0.5, 0.6) is 0 Å². The van der Waals surface area contributed by atoms with Gasteiger partial charge in [-0.3, -0.25) is 0 Å². The van der Waals surface area contributed by atoms with Crippen molar-refractivity contribution in [3.05, 3.63) is 0 Å². The molecule has 0 aliphatic heterocycles. The summed E-state index contributed by atoms with van der Waals surface area (Å²) in [5.74, 6) is 0. The van der Waals surface area contributed by atoms with E-state index in [1.54, 1.807) is 0 Å². The van der Waals surface area contributed by atoms with E-state index in [9.17, 15) is 5.11 Å². The zero-order valence-electron chi connectivity index (χ0n) is 5.28. The van der Waals surface area contributed by atoms with Crippen LogP contribution in [-0.4, -0.2) is 14.6 Å². The Labute approximate surface area is 89.3 Å². The first-order chi connectivity index (χ1) is 4.67. The monoisotopic (exact) mass is 259 g/mol. The minimum Gasteiger partial charge on any atom is -0.311 e. The third kappa shape index (κ3) is 4.23. The fourth-order valence-electron chi connectivity index (χ4n) is 0.275. The SMILES string of the molecule is CC([O])OC(Cl)(Cl)C(Cl)(Cl)Cl. The number of alkyl halides is 5. The van der Waals surface area contributed by atoms with Gasteiger partial charge in [0.15, 0.2) is 6.29 Å². The molecular weight excluding hydrogens is 257 g/mol. The topological polar surface area (TPSA) is 29.1 Å². The van der Waals surface area contributed by atoms with Gasteiger partial charge in [-0.05, 0) is 6.92 Å². The quantitative estimate of drug-likeness (QED) is 0.554. The minimum absolute atomic E-state index is 1.18. The van der Waals surface area contributed by atoms with Crippen LogP contribution < -0.4 is 0 Å². The number of halogens is 5. The van der Waals surface area contributed by atoms with Gasteiger partial charge in [0, 0.05) is 0 Å². The summed E-state index contributed by atoms with van der Waals surface area (Å²) in [4.78, 5) is 0. The van der Waals surface area contributed by atoms with Crippen molar-refractivity contribution in [2.24, 2.45) is 0 Å². The predicted octanol–water partition coefficient (Wildman–Crippen LogP) is 3.28. The second-order valence-electron chi connectivity index (χ2n) is 1.70. The summed E-state index contributed by atoms with van der Waals surface area (Å²) >= 11 is 26.5. The van der Waals surface area contributed by atoms with E-state index in [0.717, 1.165) is 0 Å². The van der Waals surface area contributed by atoms with Crippen molar-refractivity contribution in [2.75, 3.05) is 0 Å². The minimum atomic E-state index is -2.11. The highest BCUT2D eigenvalue weighted by Gasteiger charge is 2.48. The Morgan fingerprint density at radius 3 is 1.64 bits per heavy atom. The third-order valence-electron chi connectivity index (χ3n) is 0.644. The summed E-state index contributed by atoms with van der Waals surface area (Å²) in [6, 6.07) is 0. The first-order valence-electron chi connectivity index (χ1n) is 2.45. The molecule has 7 heteroatoms. The highest BCUT2D eigenvalue weighted by Crippen LogP contribution is 2.46. The maximum atomic E-state index is 10.4. The normalized spacial score (nSPS) is 16.6. The van der Waals surface area contributed by atoms with E-state index in [0.29, 0.717) is 0 Å². The maximum absolute atomic E-state index is 10.4. The molecule has 0 spiro atoms. The molecule has 0 aromatic heterocycles. The van der Waals surface area contributed by atoms with Crippen LogP contribution in [0.2, 0.25) is 0 Å². The summed E-state index contributed by atoms with van der Waals surface area (Å²) in [7, 11) is 0. The van der Waals surface area contributed by atoms with Gasteiger partial charge in [-0.2, -0.15) is 0 Å². The molecule has 0 aliphatic rings. The van der Waals surface area contributed by atoms with E-state index in [4.69, 9.17) is 58.0 Å². The lowest BCUT2D eigenvalue weighted by molar-refractivity contribution is -0.148. The van der Waals surface area contributed by atoms with E-state index in [1.165, 1.54) is 6.92 Å². The van der Waals surface area contributed by atoms with Gasteiger partial charge in [0.2, 0.25) is 3.79 Å². The fourth-order valence-corrected chi connectivity index (χ4v) is 0.660. The van der Waals surface area contributed by atoms with E-state index < -0.39 is 14.6 Å². The highest BCUT2D eigenvalue weighted by molar-refractivity contribution is 6.75. The van der Waals surface area contributed by atoms with Crippen molar-refractivity contribution < 1.29 is 9.84 Å². The maximum Gasteiger partial charge on any atom is 0.267 e. The van der Waals surface area contributed by atoms with Gasteiger partial charge < -0.3 is 4.74 Å². The Balaban J connectivity index is 4.22. The molecule has 1 atom stereocenters. The van der Waals surface area contributed by atoms with Crippen molar-refractivity contribution in [2.45, 2.75) is 21.5 Å². The van der Waals surface area contributed by atoms with Gasteiger partial charge in [-0.15, -0.1) is 0 Å². The van der Waals surface area contributed by atoms with Gasteiger partial charge in [-0.1, -0.05) is 58.0 Å². The molecule has 0 aromatic carbocycles. The molecule has 1 unspecified atom stereocenters. The van der Waals surface area contributed by atoms with E-state index in [1.807, 2.05) is 0 Å². The van der Waals surface area contributed by atoms with Crippen LogP contribution in [0.15, 0.2) is 0 Å². The highest BCUT2D eigenvalue weighted by atomic mass is 35.6. The van der Waals surface area contributed by atoms with Crippen LogP contribution >= 0.6 is 58.0 Å². The molecule has 0 bridgehead atoms. The van der Waals surface area contributed by atoms with Gasteiger partial charge in [0.05, 0.1) is 0 Å². The molecule has 0 amide bonds. The molecule has 0 aromatic rings. The summed E-state index contributed by atoms with van der Waals surface area (Å²) in [6.45, 7) is 1.18. The van der Waals surface area contributed by atoms with Crippen LogP contribution in [0.4, 0.5) is 0 Å². The molecule has 0 N–H and O–H groups in total. The molecule has 0 fully saturated rings. The summed E-state index contributed by atoms with van der Waals surface area (Å²) in [6.07, 6.45) is -1.46. The van der Waals surface area contributed by atoms with Gasteiger partial charge in [-0.25, -0.2) is 5.11 Å². The molecule has 2 nitrogen and oxygen atoms in total. The average Bonchev–Trinajstić information content (AvgIpc) is 1.56. The molecule has 67 valence electrons. The zero-order chi connectivity index (χ0) is 9.28. The predicted molar refractivity (Wildman–Crippen MR) is 46.0 cm³/mol. The molecule has 0 saturated carbocycles. The molecule has 0 rings (SSSR count). The van der Waals surface area contributed by atoms with Gasteiger partial charge in [0.1, 0.15) is 0 Å². The number of hydrogen-bond acceptors (Lipinski definition) is 1. The smallest absolute Gasteiger partial charge is 0.267 e. The van der Waals surface area contributed by atoms with Crippen molar-refractivity contribution >= 4 is 58.0 Å². The molecule has 0 saturated heterocycles. The first kappa shape index (κ1) is 12.4. The Hall–Kier alpha value is 1.37. The van der Waals surface area contributed by atoms with E-state index >= 15 is 0 Å². The van der Waals surface area contributed by atoms with E-state index in [2.05, 4.69) is 4.74 Å². The van der Waals surface area contributed by atoms with Gasteiger partial charge >= 0.3 is 0 Å². The van der Waals surface area contributed by atoms with Crippen molar-refractivity contribution in [1.82, 2.24) is 0 Å². The number of rotatable bonds is 2. The Morgan fingerprint density at radius 2 is 1.55 bits per heavy atom. The lowest BCUT2D eigenvalue weighted by Gasteiger charge is -2.27. The van der Waals surface area contributed by atoms with Crippen LogP contribution in [0.25, 0.3) is 0 Å². The zero-order valence-corrected chi connectivity index (χ0v) is 9.06. The lowest BCUT2D eigenvalue weighted by atomic mass is 10.7. The fraction of sp³-hybridized carbons (Fsp3) is 1.00.